The van der Waals surface area contributed by atoms with E-state index in [0.717, 1.165) is 4.57 Å². The van der Waals surface area contributed by atoms with Gasteiger partial charge in [0.15, 0.2) is 5.82 Å². The van der Waals surface area contributed by atoms with Gasteiger partial charge in [-0.25, -0.2) is 9.18 Å². The second-order valence-corrected chi connectivity index (χ2v) is 6.45. The van der Waals surface area contributed by atoms with Gasteiger partial charge in [0.05, 0.1) is 7.11 Å². The Bertz CT molecular complexity index is 853. The summed E-state index contributed by atoms with van der Waals surface area (Å²) in [6.07, 6.45) is -0.763. The van der Waals surface area contributed by atoms with Gasteiger partial charge >= 0.3 is 6.09 Å². The summed E-state index contributed by atoms with van der Waals surface area (Å²) < 4.78 is 25.8. The van der Waals surface area contributed by atoms with Crippen molar-refractivity contribution >= 4 is 11.8 Å². The van der Waals surface area contributed by atoms with Crippen LogP contribution in [0.2, 0.25) is 0 Å². The van der Waals surface area contributed by atoms with Gasteiger partial charge in [0.1, 0.15) is 22.7 Å². The van der Waals surface area contributed by atoms with Crippen LogP contribution in [-0.2, 0) is 4.74 Å². The molecule has 0 unspecified atom stereocenters. The van der Waals surface area contributed by atoms with E-state index < -0.39 is 23.1 Å². The number of pyridine rings is 1. The molecule has 1 amide bonds. The molecule has 0 aliphatic carbocycles. The Morgan fingerprint density at radius 1 is 1.20 bits per heavy atom. The molecule has 2 aromatic rings. The average Bonchev–Trinajstić information content (AvgIpc) is 2.50. The predicted molar refractivity (Wildman–Crippen MR) is 93.1 cm³/mol. The number of hydrogen-bond acceptors (Lipinski definition) is 4. The molecule has 0 saturated heterocycles. The number of methoxy groups -OCH3 is 1. The number of ether oxygens (including phenoxy) is 2. The number of hydrogen-bond donors (Lipinski definition) is 1. The zero-order valence-electron chi connectivity index (χ0n) is 14.8. The van der Waals surface area contributed by atoms with E-state index in [1.54, 1.807) is 39.8 Å². The van der Waals surface area contributed by atoms with E-state index in [1.807, 2.05) is 0 Å². The number of aromatic nitrogens is 1. The summed E-state index contributed by atoms with van der Waals surface area (Å²) in [6.45, 7) is 6.79. The van der Waals surface area contributed by atoms with Crippen molar-refractivity contribution in [1.82, 2.24) is 4.57 Å². The lowest BCUT2D eigenvalue weighted by molar-refractivity contribution is 0.0635. The molecule has 0 aliphatic rings. The summed E-state index contributed by atoms with van der Waals surface area (Å²) in [7, 11) is 1.39. The normalized spacial score (nSPS) is 11.1. The SMILES string of the molecule is COc1cccc(F)c1-n1c(C)ccc(NC(=O)OC(C)(C)C)c1=O. The highest BCUT2D eigenvalue weighted by Gasteiger charge is 2.20. The third-order valence-corrected chi connectivity index (χ3v) is 3.31. The van der Waals surface area contributed by atoms with Gasteiger partial charge in [-0.3, -0.25) is 14.7 Å². The van der Waals surface area contributed by atoms with Gasteiger partial charge in [0.2, 0.25) is 0 Å². The zero-order valence-corrected chi connectivity index (χ0v) is 14.8. The maximum absolute atomic E-state index is 14.3. The summed E-state index contributed by atoms with van der Waals surface area (Å²) in [5.41, 5.74) is -0.842. The number of halogens is 1. The average molecular weight is 348 g/mol. The lowest BCUT2D eigenvalue weighted by Crippen LogP contribution is -2.31. The van der Waals surface area contributed by atoms with E-state index in [2.05, 4.69) is 5.32 Å². The Morgan fingerprint density at radius 2 is 1.88 bits per heavy atom. The van der Waals surface area contributed by atoms with Crippen molar-refractivity contribution in [1.29, 1.82) is 0 Å². The number of benzene rings is 1. The van der Waals surface area contributed by atoms with Crippen LogP contribution in [0, 0.1) is 12.7 Å². The molecule has 6 nitrogen and oxygen atoms in total. The molecule has 0 aliphatic heterocycles. The van der Waals surface area contributed by atoms with Crippen molar-refractivity contribution in [2.24, 2.45) is 0 Å². The molecular formula is C18H21FN2O4. The molecule has 134 valence electrons. The van der Waals surface area contributed by atoms with Gasteiger partial charge in [0, 0.05) is 5.69 Å². The van der Waals surface area contributed by atoms with Crippen LogP contribution in [0.3, 0.4) is 0 Å². The number of carbonyl (C=O) groups excluding carboxylic acids is 1. The Morgan fingerprint density at radius 3 is 2.48 bits per heavy atom. The van der Waals surface area contributed by atoms with Crippen LogP contribution < -0.4 is 15.6 Å². The molecule has 0 spiro atoms. The predicted octanol–water partition coefficient (Wildman–Crippen LogP) is 3.64. The first-order valence-electron chi connectivity index (χ1n) is 7.69. The van der Waals surface area contributed by atoms with Crippen molar-refractivity contribution in [2.75, 3.05) is 12.4 Å². The van der Waals surface area contributed by atoms with Crippen molar-refractivity contribution in [3.05, 3.63) is 52.2 Å². The number of carbonyl (C=O) groups is 1. The second-order valence-electron chi connectivity index (χ2n) is 6.45. The standard InChI is InChI=1S/C18H21FN2O4/c1-11-9-10-13(20-17(23)25-18(2,3)4)16(22)21(11)15-12(19)7-6-8-14(15)24-5/h6-10H,1-5H3,(H,20,23). The summed E-state index contributed by atoms with van der Waals surface area (Å²) in [5, 5.41) is 2.40. The van der Waals surface area contributed by atoms with Crippen LogP contribution in [0.25, 0.3) is 5.69 Å². The number of amides is 1. The molecule has 7 heteroatoms. The van der Waals surface area contributed by atoms with E-state index in [9.17, 15) is 14.0 Å². The highest BCUT2D eigenvalue weighted by molar-refractivity contribution is 5.84. The number of nitrogens with zero attached hydrogens (tertiary/aromatic N) is 1. The lowest BCUT2D eigenvalue weighted by atomic mass is 10.2. The molecule has 25 heavy (non-hydrogen) atoms. The summed E-state index contributed by atoms with van der Waals surface area (Å²) in [4.78, 5) is 24.7. The van der Waals surface area contributed by atoms with Crippen molar-refractivity contribution in [2.45, 2.75) is 33.3 Å². The topological polar surface area (TPSA) is 69.6 Å². The molecule has 0 fully saturated rings. The molecule has 0 saturated carbocycles. The number of nitrogens with one attached hydrogen (secondary N) is 1. The van der Waals surface area contributed by atoms with Crippen molar-refractivity contribution < 1.29 is 18.7 Å². The monoisotopic (exact) mass is 348 g/mol. The van der Waals surface area contributed by atoms with E-state index in [1.165, 1.54) is 25.3 Å². The van der Waals surface area contributed by atoms with Crippen molar-refractivity contribution in [3.8, 4) is 11.4 Å². The minimum atomic E-state index is -0.763. The third-order valence-electron chi connectivity index (χ3n) is 3.31. The lowest BCUT2D eigenvalue weighted by Gasteiger charge is -2.20. The zero-order chi connectivity index (χ0) is 18.8. The fourth-order valence-corrected chi connectivity index (χ4v) is 2.29. The summed E-state index contributed by atoms with van der Waals surface area (Å²) in [6, 6.07) is 7.32. The Hall–Kier alpha value is -2.83. The first kappa shape index (κ1) is 18.5. The van der Waals surface area contributed by atoms with E-state index in [0.29, 0.717) is 5.69 Å². The second kappa shape index (κ2) is 6.96. The molecular weight excluding hydrogens is 327 g/mol. The number of rotatable bonds is 3. The van der Waals surface area contributed by atoms with E-state index in [4.69, 9.17) is 9.47 Å². The van der Waals surface area contributed by atoms with Crippen LogP contribution in [0.15, 0.2) is 35.1 Å². The first-order valence-corrected chi connectivity index (χ1v) is 7.69. The van der Waals surface area contributed by atoms with Crippen LogP contribution in [-0.4, -0.2) is 23.4 Å². The van der Waals surface area contributed by atoms with Gasteiger partial charge < -0.3 is 9.47 Å². The minimum Gasteiger partial charge on any atom is -0.494 e. The van der Waals surface area contributed by atoms with E-state index in [-0.39, 0.29) is 17.1 Å². The number of aryl methyl sites for hydroxylation is 1. The summed E-state index contributed by atoms with van der Waals surface area (Å²) in [5.74, 6) is -0.404. The largest absolute Gasteiger partial charge is 0.494 e. The maximum Gasteiger partial charge on any atom is 0.412 e. The fourth-order valence-electron chi connectivity index (χ4n) is 2.29. The third kappa shape index (κ3) is 4.17. The Kier molecular flexibility index (Phi) is 5.15. The molecule has 0 atom stereocenters. The smallest absolute Gasteiger partial charge is 0.412 e. The maximum atomic E-state index is 14.3. The number of para-hydroxylation sites is 1. The molecule has 1 N–H and O–H groups in total. The molecule has 0 radical (unpaired) electrons. The van der Waals surface area contributed by atoms with Crippen LogP contribution in [0.5, 0.6) is 5.75 Å². The van der Waals surface area contributed by atoms with Crippen LogP contribution >= 0.6 is 0 Å². The molecule has 1 heterocycles. The quantitative estimate of drug-likeness (QED) is 0.919. The first-order chi connectivity index (χ1) is 11.6. The van der Waals surface area contributed by atoms with Crippen molar-refractivity contribution in [3.63, 3.8) is 0 Å². The molecule has 1 aromatic carbocycles. The molecule has 0 bridgehead atoms. The van der Waals surface area contributed by atoms with Crippen LogP contribution in [0.1, 0.15) is 26.5 Å². The number of anilines is 1. The van der Waals surface area contributed by atoms with Gasteiger partial charge in [-0.15, -0.1) is 0 Å². The van der Waals surface area contributed by atoms with Gasteiger partial charge in [-0.1, -0.05) is 6.07 Å². The fraction of sp³-hybridized carbons (Fsp3) is 0.333. The minimum absolute atomic E-state index is 0.0136. The highest BCUT2D eigenvalue weighted by atomic mass is 19.1. The van der Waals surface area contributed by atoms with Gasteiger partial charge in [-0.05, 0) is 52.0 Å². The highest BCUT2D eigenvalue weighted by Crippen LogP contribution is 2.26. The summed E-state index contributed by atoms with van der Waals surface area (Å²) >= 11 is 0. The van der Waals surface area contributed by atoms with Gasteiger partial charge in [-0.2, -0.15) is 0 Å². The van der Waals surface area contributed by atoms with Crippen LogP contribution in [0.4, 0.5) is 14.9 Å². The Labute approximate surface area is 145 Å². The molecule has 1 aromatic heterocycles. The molecule has 2 rings (SSSR count). The van der Waals surface area contributed by atoms with Gasteiger partial charge in [0.25, 0.3) is 5.56 Å². The Balaban J connectivity index is 2.53. The van der Waals surface area contributed by atoms with E-state index >= 15 is 0 Å².